The van der Waals surface area contributed by atoms with E-state index in [0.717, 1.165) is 23.3 Å². The molecule has 64 heavy (non-hydrogen) atoms. The molecule has 7 rings (SSSR count). The van der Waals surface area contributed by atoms with Gasteiger partial charge in [0, 0.05) is 78.5 Å². The van der Waals surface area contributed by atoms with Crippen LogP contribution in [-0.4, -0.2) is 77.1 Å². The fourth-order valence-corrected chi connectivity index (χ4v) is 7.28. The van der Waals surface area contributed by atoms with Crippen molar-refractivity contribution in [2.75, 3.05) is 44.3 Å². The van der Waals surface area contributed by atoms with Gasteiger partial charge < -0.3 is 33.1 Å². The number of esters is 2. The summed E-state index contributed by atoms with van der Waals surface area (Å²) in [5.41, 5.74) is 0.358. The van der Waals surface area contributed by atoms with Crippen LogP contribution in [0.15, 0.2) is 94.8 Å². The molecule has 0 saturated carbocycles. The smallest absolute Gasteiger partial charge is 0.410 e. The quantitative estimate of drug-likeness (QED) is 0.103. The number of carbonyl (C=O) groups is 3. The number of halogens is 5. The number of rotatable bonds is 9. The molecule has 1 aliphatic heterocycles. The highest BCUT2D eigenvalue weighted by Crippen LogP contribution is 2.28. The fourth-order valence-electron chi connectivity index (χ4n) is 7.03. The number of fused-ring (bicyclic) bond motifs is 2. The number of ether oxygens (including phenoxy) is 3. The summed E-state index contributed by atoms with van der Waals surface area (Å²) in [7, 11) is 0. The monoisotopic (exact) mass is 920 g/mol. The number of anilines is 1. The van der Waals surface area contributed by atoms with Crippen LogP contribution >= 0.6 is 23.2 Å². The van der Waals surface area contributed by atoms with Gasteiger partial charge in [-0.15, -0.1) is 0 Å². The van der Waals surface area contributed by atoms with E-state index in [1.54, 1.807) is 65.8 Å². The summed E-state index contributed by atoms with van der Waals surface area (Å²) in [6.07, 6.45) is 2.35. The summed E-state index contributed by atoms with van der Waals surface area (Å²) in [4.78, 5) is 66.2. The van der Waals surface area contributed by atoms with Gasteiger partial charge in [0.15, 0.2) is 11.6 Å². The molecule has 17 heteroatoms. The van der Waals surface area contributed by atoms with Crippen LogP contribution < -0.4 is 15.8 Å². The van der Waals surface area contributed by atoms with Crippen LogP contribution in [0.25, 0.3) is 21.8 Å². The summed E-state index contributed by atoms with van der Waals surface area (Å²) in [5, 5.41) is 1.13. The highest BCUT2D eigenvalue weighted by Gasteiger charge is 2.28. The van der Waals surface area contributed by atoms with Crippen molar-refractivity contribution < 1.29 is 41.8 Å². The molecule has 0 radical (unpaired) electrons. The molecule has 1 fully saturated rings. The summed E-state index contributed by atoms with van der Waals surface area (Å²) < 4.78 is 61.5. The first-order valence-electron chi connectivity index (χ1n) is 20.3. The van der Waals surface area contributed by atoms with Gasteiger partial charge in [-0.2, -0.15) is 0 Å². The molecule has 0 unspecified atom stereocenters. The molecule has 0 atom stereocenters. The van der Waals surface area contributed by atoms with E-state index in [9.17, 15) is 32.8 Å². The van der Waals surface area contributed by atoms with Gasteiger partial charge in [-0.1, -0.05) is 47.5 Å². The first-order valence-corrected chi connectivity index (χ1v) is 21.1. The molecule has 3 heterocycles. The van der Waals surface area contributed by atoms with Crippen LogP contribution in [0, 0.1) is 17.5 Å². The zero-order valence-electron chi connectivity index (χ0n) is 35.7. The molecule has 1 saturated heterocycles. The van der Waals surface area contributed by atoms with Crippen molar-refractivity contribution in [3.63, 3.8) is 0 Å². The molecule has 6 aromatic rings. The standard InChI is InChI=1S/C28H31ClFN3O5.C19H14ClF2NO3/c1-5-37-26(35)21-17-33(16-18-6-8-19(29)9-7-18)23-15-24(22(30)14-20(23)25(21)34)31-10-12-32(13-11-31)27(36)38-28(2,3)4;1-2-26-19(25)14-10-23(9-11-3-5-12(20)6-4-11)17-8-16(22)15(21)7-13(17)18(14)24/h6-9,14-15,17H,5,10-13,16H2,1-4H3;3-8,10H,2,9H2,1H3. The summed E-state index contributed by atoms with van der Waals surface area (Å²) >= 11 is 11.9. The Hall–Kier alpha value is -6.32. The number of carbonyl (C=O) groups excluding carboxylic acids is 3. The highest BCUT2D eigenvalue weighted by molar-refractivity contribution is 6.30. The number of aromatic nitrogens is 2. The predicted octanol–water partition coefficient (Wildman–Crippen LogP) is 9.23. The predicted molar refractivity (Wildman–Crippen MR) is 239 cm³/mol. The first-order chi connectivity index (χ1) is 30.4. The third-order valence-corrected chi connectivity index (χ3v) is 10.6. The molecule has 4 aromatic carbocycles. The van der Waals surface area contributed by atoms with Gasteiger partial charge >= 0.3 is 18.0 Å². The van der Waals surface area contributed by atoms with Crippen LogP contribution in [0.5, 0.6) is 0 Å². The number of hydrogen-bond donors (Lipinski definition) is 0. The lowest BCUT2D eigenvalue weighted by Gasteiger charge is -2.37. The minimum absolute atomic E-state index is 0.0816. The van der Waals surface area contributed by atoms with Crippen molar-refractivity contribution >= 4 is 68.7 Å². The molecule has 1 amide bonds. The minimum Gasteiger partial charge on any atom is -0.462 e. The second-order valence-corrected chi connectivity index (χ2v) is 16.6. The third kappa shape index (κ3) is 11.1. The topological polar surface area (TPSA) is 129 Å². The largest absolute Gasteiger partial charge is 0.462 e. The number of benzene rings is 4. The van der Waals surface area contributed by atoms with Crippen molar-refractivity contribution in [3.05, 3.63) is 155 Å². The SMILES string of the molecule is CCOC(=O)c1cn(Cc2ccc(Cl)cc2)c2cc(F)c(F)cc2c1=O.CCOC(=O)c1cn(Cc2ccc(Cl)cc2)c2cc(N3CCN(C(=O)OC(C)(C)C)CC3)c(F)cc2c1=O. The van der Waals surface area contributed by atoms with Crippen LogP contribution in [0.1, 0.15) is 66.5 Å². The van der Waals surface area contributed by atoms with E-state index in [2.05, 4.69) is 0 Å². The van der Waals surface area contributed by atoms with Crippen molar-refractivity contribution in [2.24, 2.45) is 0 Å². The maximum absolute atomic E-state index is 15.4. The Kier molecular flexibility index (Phi) is 14.8. The Morgan fingerprint density at radius 2 is 1.05 bits per heavy atom. The first kappa shape index (κ1) is 47.2. The van der Waals surface area contributed by atoms with E-state index in [0.29, 0.717) is 54.0 Å². The zero-order chi connectivity index (χ0) is 46.5. The van der Waals surface area contributed by atoms with Crippen molar-refractivity contribution in [1.82, 2.24) is 14.0 Å². The molecule has 12 nitrogen and oxygen atoms in total. The Labute approximate surface area is 376 Å². The lowest BCUT2D eigenvalue weighted by molar-refractivity contribution is 0.0240. The van der Waals surface area contributed by atoms with Gasteiger partial charge in [0.2, 0.25) is 10.9 Å². The van der Waals surface area contributed by atoms with E-state index < -0.39 is 51.9 Å². The lowest BCUT2D eigenvalue weighted by atomic mass is 10.1. The number of hydrogen-bond acceptors (Lipinski definition) is 9. The molecule has 2 aromatic heterocycles. The molecule has 336 valence electrons. The molecule has 0 aliphatic carbocycles. The number of amides is 1. The summed E-state index contributed by atoms with van der Waals surface area (Å²) in [5.74, 6) is -4.39. The highest BCUT2D eigenvalue weighted by atomic mass is 35.5. The number of piperazine rings is 1. The van der Waals surface area contributed by atoms with Gasteiger partial charge in [0.25, 0.3) is 0 Å². The van der Waals surface area contributed by atoms with Crippen molar-refractivity contribution in [3.8, 4) is 0 Å². The zero-order valence-corrected chi connectivity index (χ0v) is 37.2. The van der Waals surface area contributed by atoms with Gasteiger partial charge in [0.1, 0.15) is 22.5 Å². The molecule has 0 bridgehead atoms. The fraction of sp³-hybridized carbons (Fsp3) is 0.298. The normalized spacial score (nSPS) is 12.8. The average molecular weight is 922 g/mol. The molecular formula is C47H45Cl2F3N4O8. The lowest BCUT2D eigenvalue weighted by Crippen LogP contribution is -2.50. The molecule has 1 aliphatic rings. The minimum atomic E-state index is -1.16. The summed E-state index contributed by atoms with van der Waals surface area (Å²) in [6, 6.07) is 18.6. The summed E-state index contributed by atoms with van der Waals surface area (Å²) in [6.45, 7) is 10.9. The molecule has 0 spiro atoms. The Bertz CT molecular complexity index is 2840. The van der Waals surface area contributed by atoms with E-state index in [4.69, 9.17) is 37.4 Å². The molecule has 0 N–H and O–H groups in total. The average Bonchev–Trinajstić information content (AvgIpc) is 3.25. The van der Waals surface area contributed by atoms with Crippen LogP contribution in [0.3, 0.4) is 0 Å². The van der Waals surface area contributed by atoms with E-state index >= 15 is 4.39 Å². The van der Waals surface area contributed by atoms with E-state index in [1.165, 1.54) is 23.0 Å². The van der Waals surface area contributed by atoms with Gasteiger partial charge in [0.05, 0.1) is 29.9 Å². The van der Waals surface area contributed by atoms with Gasteiger partial charge in [-0.25, -0.2) is 27.6 Å². The van der Waals surface area contributed by atoms with E-state index in [-0.39, 0.29) is 47.2 Å². The molecular weight excluding hydrogens is 876 g/mol. The van der Waals surface area contributed by atoms with Gasteiger partial charge in [-0.05, 0) is 88.2 Å². The third-order valence-electron chi connectivity index (χ3n) is 10.1. The second kappa shape index (κ2) is 20.0. The van der Waals surface area contributed by atoms with Gasteiger partial charge in [-0.3, -0.25) is 9.59 Å². The maximum atomic E-state index is 15.4. The Balaban J connectivity index is 0.000000228. The maximum Gasteiger partial charge on any atom is 0.410 e. The Morgan fingerprint density at radius 3 is 1.48 bits per heavy atom. The number of nitrogens with zero attached hydrogens (tertiary/aromatic N) is 4. The van der Waals surface area contributed by atoms with Crippen LogP contribution in [-0.2, 0) is 27.3 Å². The Morgan fingerprint density at radius 1 is 0.625 bits per heavy atom. The number of pyridine rings is 2. The van der Waals surface area contributed by atoms with Crippen molar-refractivity contribution in [2.45, 2.75) is 53.3 Å². The second-order valence-electron chi connectivity index (χ2n) is 15.8. The van der Waals surface area contributed by atoms with Crippen LogP contribution in [0.2, 0.25) is 10.0 Å². The van der Waals surface area contributed by atoms with Crippen molar-refractivity contribution in [1.29, 1.82) is 0 Å². The van der Waals surface area contributed by atoms with Crippen LogP contribution in [0.4, 0.5) is 23.7 Å². The van der Waals surface area contributed by atoms with E-state index in [1.807, 2.05) is 37.8 Å².